The zero-order valence-electron chi connectivity index (χ0n) is 7.84. The fraction of sp³-hybridized carbons (Fsp3) is 0.125. The van der Waals surface area contributed by atoms with Crippen molar-refractivity contribution < 1.29 is 8.76 Å². The van der Waals surface area contributed by atoms with Crippen molar-refractivity contribution in [1.82, 2.24) is 4.37 Å². The van der Waals surface area contributed by atoms with Gasteiger partial charge in [0, 0.05) is 29.4 Å². The first-order valence-electron chi connectivity index (χ1n) is 4.07. The van der Waals surface area contributed by atoms with Gasteiger partial charge in [0.15, 0.2) is 0 Å². The van der Waals surface area contributed by atoms with Crippen LogP contribution in [-0.2, 0) is 11.3 Å². The average Bonchev–Trinajstić information content (AvgIpc) is 2.59. The van der Waals surface area contributed by atoms with E-state index in [4.69, 9.17) is 5.73 Å². The monoisotopic (exact) mass is 242 g/mol. The lowest BCUT2D eigenvalue weighted by Gasteiger charge is -2.20. The first-order valence-corrected chi connectivity index (χ1v) is 5.88. The summed E-state index contributed by atoms with van der Waals surface area (Å²) in [6.07, 6.45) is 0. The van der Waals surface area contributed by atoms with E-state index in [1.807, 2.05) is 0 Å². The first kappa shape index (κ1) is 10.3. The minimum Gasteiger partial charge on any atom is -0.755 e. The summed E-state index contributed by atoms with van der Waals surface area (Å²) >= 11 is -1.07. The van der Waals surface area contributed by atoms with E-state index < -0.39 is 11.3 Å². The Kier molecular flexibility index (Phi) is 2.59. The first-order chi connectivity index (χ1) is 7.09. The smallest absolute Gasteiger partial charge is 0.114 e. The molecule has 0 aliphatic carbocycles. The second-order valence-electron chi connectivity index (χ2n) is 2.96. The van der Waals surface area contributed by atoms with Gasteiger partial charge in [0.1, 0.15) is 5.00 Å². The summed E-state index contributed by atoms with van der Waals surface area (Å²) in [6, 6.07) is 5.15. The highest BCUT2D eigenvalue weighted by Gasteiger charge is 2.06. The molecule has 0 aliphatic heterocycles. The molecule has 80 valence electrons. The van der Waals surface area contributed by atoms with E-state index in [-0.39, 0.29) is 0 Å². The van der Waals surface area contributed by atoms with E-state index in [1.165, 1.54) is 18.6 Å². The van der Waals surface area contributed by atoms with Crippen LogP contribution in [0.3, 0.4) is 0 Å². The number of nitrogens with zero attached hydrogens (tertiary/aromatic N) is 2. The summed E-state index contributed by atoms with van der Waals surface area (Å²) in [5.74, 6) is 0. The number of hydrogen-bond donors (Lipinski definition) is 1. The lowest BCUT2D eigenvalue weighted by Crippen LogP contribution is -2.19. The Labute approximate surface area is 93.1 Å². The van der Waals surface area contributed by atoms with Crippen molar-refractivity contribution in [2.45, 2.75) is 0 Å². The molecule has 1 atom stereocenters. The summed E-state index contributed by atoms with van der Waals surface area (Å²) < 4.78 is 26.7. The zero-order chi connectivity index (χ0) is 11.0. The number of aromatic nitrogens is 1. The van der Waals surface area contributed by atoms with Crippen molar-refractivity contribution in [3.8, 4) is 0 Å². The molecule has 0 spiro atoms. The van der Waals surface area contributed by atoms with E-state index >= 15 is 0 Å². The molecule has 5 nitrogen and oxygen atoms in total. The zero-order valence-corrected chi connectivity index (χ0v) is 9.47. The Morgan fingerprint density at radius 2 is 2.33 bits per heavy atom. The van der Waals surface area contributed by atoms with Crippen LogP contribution in [0.2, 0.25) is 0 Å². The Morgan fingerprint density at radius 3 is 3.00 bits per heavy atom. The van der Waals surface area contributed by atoms with Crippen molar-refractivity contribution in [3.05, 3.63) is 18.2 Å². The van der Waals surface area contributed by atoms with Gasteiger partial charge in [-0.3, -0.25) is 4.21 Å². The van der Waals surface area contributed by atoms with E-state index in [0.717, 1.165) is 15.2 Å². The van der Waals surface area contributed by atoms with Gasteiger partial charge in [0.05, 0.1) is 5.52 Å². The molecule has 2 N–H and O–H groups in total. The Morgan fingerprint density at radius 1 is 1.60 bits per heavy atom. The molecule has 0 radical (unpaired) electrons. The molecule has 1 heterocycles. The minimum absolute atomic E-state index is 0.572. The maximum absolute atomic E-state index is 10.7. The normalized spacial score (nSPS) is 12.9. The van der Waals surface area contributed by atoms with Crippen molar-refractivity contribution >= 4 is 44.4 Å². The van der Waals surface area contributed by atoms with Gasteiger partial charge in [-0.05, 0) is 29.7 Å². The summed E-state index contributed by atoms with van der Waals surface area (Å²) in [5.41, 5.74) is 7.06. The molecule has 7 heteroatoms. The third kappa shape index (κ3) is 1.81. The molecule has 0 fully saturated rings. The van der Waals surface area contributed by atoms with Crippen LogP contribution in [0.5, 0.6) is 0 Å². The van der Waals surface area contributed by atoms with Gasteiger partial charge in [0.25, 0.3) is 0 Å². The topological polar surface area (TPSA) is 82.3 Å². The number of hydrogen-bond acceptors (Lipinski definition) is 5. The van der Waals surface area contributed by atoms with Crippen LogP contribution in [0.15, 0.2) is 18.2 Å². The molecule has 1 unspecified atom stereocenters. The number of rotatable bonds is 2. The highest BCUT2D eigenvalue weighted by atomic mass is 32.2. The summed E-state index contributed by atoms with van der Waals surface area (Å²) in [6.45, 7) is 0. The molecule has 15 heavy (non-hydrogen) atoms. The van der Waals surface area contributed by atoms with Crippen molar-refractivity contribution in [2.75, 3.05) is 17.1 Å². The van der Waals surface area contributed by atoms with Gasteiger partial charge in [-0.2, -0.15) is 4.37 Å². The third-order valence-corrected chi connectivity index (χ3v) is 3.44. The molecule has 0 aliphatic rings. The SMILES string of the molecule is CN(c1ccc2nsc(N)c2c1)S(=O)[O-]. The van der Waals surface area contributed by atoms with Crippen LogP contribution in [0.1, 0.15) is 0 Å². The molecule has 2 rings (SSSR count). The van der Waals surface area contributed by atoms with Gasteiger partial charge < -0.3 is 14.6 Å². The number of nitrogens with two attached hydrogens (primary N) is 1. The fourth-order valence-electron chi connectivity index (χ4n) is 1.23. The number of fused-ring (bicyclic) bond motifs is 1. The minimum atomic E-state index is -2.27. The maximum atomic E-state index is 10.7. The van der Waals surface area contributed by atoms with E-state index in [9.17, 15) is 8.76 Å². The standard InChI is InChI=1S/C8H9N3O2S2/c1-11(15(12)13)5-2-3-7-6(4-5)8(9)14-10-7/h2-4H,9H2,1H3,(H,12,13)/p-1. The predicted octanol–water partition coefficient (Wildman–Crippen LogP) is 1.11. The quantitative estimate of drug-likeness (QED) is 0.800. The van der Waals surface area contributed by atoms with Gasteiger partial charge in [-0.15, -0.1) is 0 Å². The molecule has 1 aromatic heterocycles. The second kappa shape index (κ2) is 3.76. The lowest BCUT2D eigenvalue weighted by molar-refractivity contribution is 0.535. The highest BCUT2D eigenvalue weighted by molar-refractivity contribution is 7.80. The van der Waals surface area contributed by atoms with E-state index in [1.54, 1.807) is 18.2 Å². The predicted molar refractivity (Wildman–Crippen MR) is 61.4 cm³/mol. The van der Waals surface area contributed by atoms with Crippen LogP contribution in [0.25, 0.3) is 10.9 Å². The Balaban J connectivity index is 2.54. The second-order valence-corrected chi connectivity index (χ2v) is 4.75. The third-order valence-electron chi connectivity index (χ3n) is 2.08. The molecular weight excluding hydrogens is 234 g/mol. The van der Waals surface area contributed by atoms with Crippen molar-refractivity contribution in [3.63, 3.8) is 0 Å². The molecule has 2 aromatic rings. The van der Waals surface area contributed by atoms with Crippen molar-refractivity contribution in [1.29, 1.82) is 0 Å². The number of nitrogen functional groups attached to an aromatic ring is 1. The average molecular weight is 242 g/mol. The van der Waals surface area contributed by atoms with E-state index in [2.05, 4.69) is 4.37 Å². The molecule has 1 aromatic carbocycles. The molecule has 0 saturated carbocycles. The lowest BCUT2D eigenvalue weighted by atomic mass is 10.2. The molecular formula is C8H8N3O2S2-. The van der Waals surface area contributed by atoms with Crippen molar-refractivity contribution in [2.24, 2.45) is 0 Å². The Hall–Kier alpha value is -1.18. The van der Waals surface area contributed by atoms with Gasteiger partial charge in [-0.1, -0.05) is 0 Å². The van der Waals surface area contributed by atoms with Crippen LogP contribution in [-0.4, -0.2) is 20.2 Å². The van der Waals surface area contributed by atoms with Gasteiger partial charge in [0.2, 0.25) is 0 Å². The molecule has 0 bridgehead atoms. The highest BCUT2D eigenvalue weighted by Crippen LogP contribution is 2.28. The van der Waals surface area contributed by atoms with Gasteiger partial charge >= 0.3 is 0 Å². The molecule has 0 saturated heterocycles. The number of benzene rings is 1. The van der Waals surface area contributed by atoms with Gasteiger partial charge in [-0.25, -0.2) is 0 Å². The summed E-state index contributed by atoms with van der Waals surface area (Å²) in [7, 11) is 1.47. The number of anilines is 2. The Bertz CT molecular complexity index is 526. The van der Waals surface area contributed by atoms with Crippen LogP contribution in [0.4, 0.5) is 10.7 Å². The van der Waals surface area contributed by atoms with Crippen LogP contribution >= 0.6 is 11.5 Å². The summed E-state index contributed by atoms with van der Waals surface area (Å²) in [4.78, 5) is 0. The van der Waals surface area contributed by atoms with Crippen LogP contribution in [0, 0.1) is 0 Å². The van der Waals surface area contributed by atoms with Crippen LogP contribution < -0.4 is 10.0 Å². The largest absolute Gasteiger partial charge is 0.755 e. The van der Waals surface area contributed by atoms with E-state index in [0.29, 0.717) is 10.7 Å². The fourth-order valence-corrected chi connectivity index (χ4v) is 2.13. The summed E-state index contributed by atoms with van der Waals surface area (Å²) in [5, 5.41) is 1.38. The molecule has 0 amide bonds. The maximum Gasteiger partial charge on any atom is 0.114 e.